The molecule has 33 nitrogen and oxygen atoms in total. The number of carboxylic acids is 4. The Kier molecular flexibility index (Phi) is 32.3. The zero-order valence-electron chi connectivity index (χ0n) is 55.4. The summed E-state index contributed by atoms with van der Waals surface area (Å²) in [6.45, 7) is 1.38. The smallest absolute Gasteiger partial charge is 0.328 e. The summed E-state index contributed by atoms with van der Waals surface area (Å²) in [4.78, 5) is 176. The van der Waals surface area contributed by atoms with Crippen LogP contribution < -0.4 is 48.3 Å². The number of unbranched alkanes of at least 4 members (excludes halogenated alkanes) is 1. The number of hydrogen-bond acceptors (Lipinski definition) is 22. The van der Waals surface area contributed by atoms with Crippen molar-refractivity contribution in [2.45, 2.75) is 113 Å². The maximum Gasteiger partial charge on any atom is 0.328 e. The number of aromatic amines is 1. The molecule has 0 aliphatic carbocycles. The molecular weight excluding hydrogens is 1340 g/mol. The predicted molar refractivity (Wildman–Crippen MR) is 367 cm³/mol. The molecule has 8 amide bonds. The molecule has 0 saturated carbocycles. The first kappa shape index (κ1) is 80.0. The second kappa shape index (κ2) is 40.3. The first-order chi connectivity index (χ1) is 47.7. The average Bonchev–Trinajstić information content (AvgIpc) is 1.59. The van der Waals surface area contributed by atoms with Gasteiger partial charge in [-0.2, -0.15) is 0 Å². The van der Waals surface area contributed by atoms with Crippen LogP contribution in [-0.2, 0) is 76.8 Å². The number of rotatable bonds is 26. The number of fused-ring (bicyclic) bond motifs is 1. The van der Waals surface area contributed by atoms with E-state index < -0.39 is 163 Å². The van der Waals surface area contributed by atoms with E-state index in [9.17, 15) is 78.9 Å². The van der Waals surface area contributed by atoms with Crippen molar-refractivity contribution in [3.8, 4) is 5.75 Å². The number of para-hydroxylation sites is 1. The van der Waals surface area contributed by atoms with Gasteiger partial charge in [-0.25, -0.2) is 4.79 Å². The number of amides is 8. The molecule has 4 aromatic rings. The summed E-state index contributed by atoms with van der Waals surface area (Å²) in [7, 11) is 1.66. The molecule has 10 atom stereocenters. The molecule has 0 spiro atoms. The lowest BCUT2D eigenvalue weighted by molar-refractivity contribution is -0.145. The maximum atomic E-state index is 15.3. The lowest BCUT2D eigenvalue weighted by Gasteiger charge is -2.33. The van der Waals surface area contributed by atoms with Gasteiger partial charge in [-0.3, -0.25) is 72.3 Å². The lowest BCUT2D eigenvalue weighted by Crippen LogP contribution is -2.62. The number of carbonyl (C=O) groups is 12. The fourth-order valence-corrected chi connectivity index (χ4v) is 13.4. The molecule has 546 valence electrons. The van der Waals surface area contributed by atoms with Crippen molar-refractivity contribution in [1.82, 2.24) is 67.1 Å². The van der Waals surface area contributed by atoms with E-state index in [1.807, 2.05) is 0 Å². The van der Waals surface area contributed by atoms with Gasteiger partial charge >= 0.3 is 23.9 Å². The van der Waals surface area contributed by atoms with Gasteiger partial charge in [0.25, 0.3) is 0 Å². The predicted octanol–water partition coefficient (Wildman–Crippen LogP) is -3.37. The van der Waals surface area contributed by atoms with Crippen LogP contribution in [0.25, 0.3) is 10.9 Å². The van der Waals surface area contributed by atoms with Gasteiger partial charge < -0.3 is 89.0 Å². The van der Waals surface area contributed by atoms with E-state index >= 15 is 14.4 Å². The van der Waals surface area contributed by atoms with Crippen LogP contribution in [0.15, 0.2) is 85.1 Å². The van der Waals surface area contributed by atoms with E-state index in [2.05, 4.69) is 47.5 Å². The number of aliphatic carboxylic acids is 4. The molecule has 0 radical (unpaired) electrons. The van der Waals surface area contributed by atoms with Crippen LogP contribution in [0, 0.1) is 0 Å². The third kappa shape index (κ3) is 26.6. The van der Waals surface area contributed by atoms with Crippen LogP contribution in [0.4, 0.5) is 0 Å². The third-order valence-corrected chi connectivity index (χ3v) is 19.0. The van der Waals surface area contributed by atoms with Crippen molar-refractivity contribution < 1.29 is 93.3 Å². The molecule has 1 aromatic heterocycles. The van der Waals surface area contributed by atoms with Gasteiger partial charge in [-0.15, -0.1) is 0 Å². The minimum atomic E-state index is -1.91. The van der Waals surface area contributed by atoms with E-state index in [1.165, 1.54) is 24.3 Å². The van der Waals surface area contributed by atoms with E-state index in [0.717, 1.165) is 35.4 Å². The second-order valence-corrected chi connectivity index (χ2v) is 27.0. The van der Waals surface area contributed by atoms with Crippen molar-refractivity contribution in [3.63, 3.8) is 0 Å². The SMILES string of the molecule is C[C@@H](O)C(NC(=O)[C@@H]1CSSC[C@H](NC(=O)[C@@H](Cc2ccccc2)NC(=O)CN2CCN(CC(=O)O)CCN(CC(=O)O)CCN(CC(=O)O)CC2)C(=O)N[C@@H](Cc2ccc(O)cc2)C(=O)N[C@H](Cc2c[nH]c3ccccc23)C(=O)N[C@@H](CCCCN)C(=O)N[C@@H]([C@@H](C)O)C(=O)N1)C(=O)O. The number of carbonyl (C=O) groups excluding carboxylic acids is 8. The van der Waals surface area contributed by atoms with E-state index in [-0.39, 0.29) is 103 Å². The van der Waals surface area contributed by atoms with Crippen LogP contribution in [0.2, 0.25) is 0 Å². The fraction of sp³-hybridized carbons (Fsp3) is 0.508. The highest BCUT2D eigenvalue weighted by Gasteiger charge is 2.38. The van der Waals surface area contributed by atoms with Crippen LogP contribution in [0.5, 0.6) is 5.75 Å². The number of nitrogens with two attached hydrogens (primary N) is 1. The summed E-state index contributed by atoms with van der Waals surface area (Å²) < 4.78 is 0. The molecule has 18 N–H and O–H groups in total. The Hall–Kier alpha value is -8.94. The molecule has 1 unspecified atom stereocenters. The number of phenolic OH excluding ortho intramolecular Hbond substituents is 1. The minimum Gasteiger partial charge on any atom is -0.508 e. The minimum absolute atomic E-state index is 0.0426. The molecule has 2 aliphatic rings. The second-order valence-electron chi connectivity index (χ2n) is 24.5. The zero-order chi connectivity index (χ0) is 73.0. The van der Waals surface area contributed by atoms with Gasteiger partial charge in [-0.05, 0) is 74.5 Å². The number of phenols is 1. The summed E-state index contributed by atoms with van der Waals surface area (Å²) in [6.07, 6.45) is -1.92. The highest BCUT2D eigenvalue weighted by atomic mass is 33.1. The lowest BCUT2D eigenvalue weighted by atomic mass is 10.0. The Balaban J connectivity index is 1.41. The molecular formula is C65H90N14O19S2. The zero-order valence-corrected chi connectivity index (χ0v) is 57.1. The summed E-state index contributed by atoms with van der Waals surface area (Å²) in [5.74, 6) is -14.0. The Labute approximate surface area is 584 Å². The van der Waals surface area contributed by atoms with E-state index in [4.69, 9.17) is 5.73 Å². The maximum absolute atomic E-state index is 15.3. The van der Waals surface area contributed by atoms with Gasteiger partial charge in [0, 0.05) is 100 Å². The van der Waals surface area contributed by atoms with Crippen molar-refractivity contribution in [2.24, 2.45) is 5.73 Å². The van der Waals surface area contributed by atoms with Crippen LogP contribution in [-0.4, -0.2) is 289 Å². The number of nitrogens with zero attached hydrogens (tertiary/aromatic N) is 4. The monoisotopic (exact) mass is 1430 g/mol. The van der Waals surface area contributed by atoms with Crippen LogP contribution in [0.1, 0.15) is 49.8 Å². The van der Waals surface area contributed by atoms with Gasteiger partial charge in [-0.1, -0.05) is 82.3 Å². The quantitative estimate of drug-likeness (QED) is 0.0215. The number of aliphatic hydroxyl groups excluding tert-OH is 2. The normalized spacial score (nSPS) is 21.9. The van der Waals surface area contributed by atoms with Crippen molar-refractivity contribution >= 4 is 104 Å². The highest BCUT2D eigenvalue weighted by Crippen LogP contribution is 2.25. The topological polar surface area (TPSA) is 497 Å². The number of aromatic nitrogens is 1. The van der Waals surface area contributed by atoms with Crippen molar-refractivity contribution in [2.75, 3.05) is 96.6 Å². The first-order valence-corrected chi connectivity index (χ1v) is 35.0. The number of aliphatic hydroxyl groups is 2. The molecule has 2 aliphatic heterocycles. The highest BCUT2D eigenvalue weighted by molar-refractivity contribution is 8.76. The van der Waals surface area contributed by atoms with E-state index in [1.54, 1.807) is 80.4 Å². The Morgan fingerprint density at radius 2 is 1.10 bits per heavy atom. The van der Waals surface area contributed by atoms with Gasteiger partial charge in [0.2, 0.25) is 47.3 Å². The standard InChI is InChI=1S/C65H90N14O19S2/c1-38(80)56-64(96)73-51(63(95)75-57(39(2)81)65(97)98)37-100-99-36-50(72-59(91)47(28-40-10-4-3-5-11-40)68-52(83)32-76-20-22-77(33-53(84)85)24-26-79(35-55(88)89)27-25-78(23-21-76)34-54(86)87)62(94)70-48(29-41-15-17-43(82)18-16-41)60(92)71-49(30-42-31-67-45-13-7-6-12-44(42)45)61(93)69-46(58(90)74-56)14-8-9-19-66/h3-7,10-13,15-18,31,38-39,46-51,56-57,67,80-82H,8-9,14,19-30,32-37,66H2,1-2H3,(H,68,83)(H,69,93)(H,70,94)(H,71,92)(H,72,91)(H,73,96)(H,74,90)(H,75,95)(H,84,85)(H,86,87)(H,88,89)(H,97,98)/t38-,39-,46+,47-,48+,49-,50+,51+,56+,57?/m1/s1. The number of benzene rings is 3. The number of carboxylic acid groups (broad SMARTS) is 4. The first-order valence-electron chi connectivity index (χ1n) is 32.5. The fourth-order valence-electron chi connectivity index (χ4n) is 11.1. The van der Waals surface area contributed by atoms with Crippen molar-refractivity contribution in [3.05, 3.63) is 102 Å². The summed E-state index contributed by atoms with van der Waals surface area (Å²) in [6, 6.07) is 7.92. The summed E-state index contributed by atoms with van der Waals surface area (Å²) in [5, 5.41) is 92.4. The largest absolute Gasteiger partial charge is 0.508 e. The van der Waals surface area contributed by atoms with E-state index in [0.29, 0.717) is 34.0 Å². The summed E-state index contributed by atoms with van der Waals surface area (Å²) >= 11 is 0. The van der Waals surface area contributed by atoms with Crippen molar-refractivity contribution in [1.29, 1.82) is 0 Å². The van der Waals surface area contributed by atoms with Gasteiger partial charge in [0.1, 0.15) is 48.0 Å². The molecule has 0 bridgehead atoms. The average molecular weight is 1440 g/mol. The van der Waals surface area contributed by atoms with Crippen LogP contribution in [0.3, 0.4) is 0 Å². The molecule has 2 saturated heterocycles. The van der Waals surface area contributed by atoms with Gasteiger partial charge in [0.05, 0.1) is 38.4 Å². The van der Waals surface area contributed by atoms with Crippen LogP contribution >= 0.6 is 21.6 Å². The summed E-state index contributed by atoms with van der Waals surface area (Å²) in [5.41, 5.74) is 7.96. The number of nitrogens with one attached hydrogen (secondary N) is 9. The van der Waals surface area contributed by atoms with Gasteiger partial charge in [0.15, 0.2) is 6.04 Å². The third-order valence-electron chi connectivity index (χ3n) is 16.6. The molecule has 3 aromatic carbocycles. The molecule has 100 heavy (non-hydrogen) atoms. The molecule has 35 heteroatoms. The molecule has 3 heterocycles. The number of hydrogen-bond donors (Lipinski definition) is 17. The Morgan fingerprint density at radius 1 is 0.580 bits per heavy atom. The Morgan fingerprint density at radius 3 is 1.65 bits per heavy atom. The number of H-pyrrole nitrogens is 1. The molecule has 2 fully saturated rings. The Bertz CT molecular complexity index is 3410. The molecule has 6 rings (SSSR count). The number of aromatic hydroxyl groups is 1.